The number of pyridine rings is 1. The first-order valence-corrected chi connectivity index (χ1v) is 8.36. The number of likely N-dealkylation sites (tertiary alicyclic amines) is 1. The van der Waals surface area contributed by atoms with Crippen LogP contribution in [0.4, 0.5) is 4.39 Å². The van der Waals surface area contributed by atoms with Gasteiger partial charge in [0, 0.05) is 30.8 Å². The number of carbonyl (C=O) groups is 2. The quantitative estimate of drug-likeness (QED) is 0.929. The van der Waals surface area contributed by atoms with E-state index in [1.165, 1.54) is 24.3 Å². The van der Waals surface area contributed by atoms with Gasteiger partial charge in [-0.1, -0.05) is 6.07 Å². The summed E-state index contributed by atoms with van der Waals surface area (Å²) >= 11 is 0. The van der Waals surface area contributed by atoms with Gasteiger partial charge in [-0.2, -0.15) is 0 Å². The number of piperidine rings is 1. The Labute approximate surface area is 145 Å². The summed E-state index contributed by atoms with van der Waals surface area (Å²) in [6.07, 6.45) is 2.95. The van der Waals surface area contributed by atoms with Gasteiger partial charge < -0.3 is 10.2 Å². The van der Waals surface area contributed by atoms with E-state index in [0.29, 0.717) is 38.0 Å². The summed E-state index contributed by atoms with van der Waals surface area (Å²) < 4.78 is 13.0. The van der Waals surface area contributed by atoms with Crippen LogP contribution in [-0.4, -0.2) is 34.8 Å². The molecular formula is C19H20FN3O2. The van der Waals surface area contributed by atoms with E-state index in [1.807, 2.05) is 18.2 Å². The van der Waals surface area contributed by atoms with Gasteiger partial charge >= 0.3 is 0 Å². The van der Waals surface area contributed by atoms with E-state index in [2.05, 4.69) is 10.3 Å². The van der Waals surface area contributed by atoms with Crippen LogP contribution in [0, 0.1) is 11.7 Å². The molecule has 0 atom stereocenters. The molecule has 0 unspecified atom stereocenters. The van der Waals surface area contributed by atoms with Gasteiger partial charge in [0.15, 0.2) is 0 Å². The largest absolute Gasteiger partial charge is 0.350 e. The van der Waals surface area contributed by atoms with Crippen molar-refractivity contribution in [1.82, 2.24) is 15.2 Å². The average Bonchev–Trinajstić information content (AvgIpc) is 2.67. The number of amides is 2. The fraction of sp³-hybridized carbons (Fsp3) is 0.316. The Morgan fingerprint density at radius 2 is 1.84 bits per heavy atom. The normalized spacial score (nSPS) is 15.0. The lowest BCUT2D eigenvalue weighted by Crippen LogP contribution is -2.43. The summed E-state index contributed by atoms with van der Waals surface area (Å²) in [5, 5.41) is 2.90. The van der Waals surface area contributed by atoms with Crippen molar-refractivity contribution < 1.29 is 14.0 Å². The summed E-state index contributed by atoms with van der Waals surface area (Å²) in [6.45, 7) is 1.46. The minimum atomic E-state index is -0.361. The van der Waals surface area contributed by atoms with Gasteiger partial charge in [-0.25, -0.2) is 4.39 Å². The molecule has 1 fully saturated rings. The number of rotatable bonds is 4. The van der Waals surface area contributed by atoms with Crippen LogP contribution < -0.4 is 5.32 Å². The molecular weight excluding hydrogens is 321 g/mol. The van der Waals surface area contributed by atoms with Gasteiger partial charge in [0.2, 0.25) is 5.91 Å². The van der Waals surface area contributed by atoms with Gasteiger partial charge in [0.05, 0.1) is 12.2 Å². The Balaban J connectivity index is 1.48. The summed E-state index contributed by atoms with van der Waals surface area (Å²) in [7, 11) is 0. The fourth-order valence-corrected chi connectivity index (χ4v) is 2.94. The van der Waals surface area contributed by atoms with Crippen molar-refractivity contribution in [2.75, 3.05) is 13.1 Å². The molecule has 5 nitrogen and oxygen atoms in total. The first kappa shape index (κ1) is 17.1. The van der Waals surface area contributed by atoms with E-state index in [-0.39, 0.29) is 23.5 Å². The predicted octanol–water partition coefficient (Wildman–Crippen LogP) is 2.39. The molecule has 0 radical (unpaired) electrons. The number of carbonyl (C=O) groups excluding carboxylic acids is 2. The third kappa shape index (κ3) is 4.41. The number of halogens is 1. The summed E-state index contributed by atoms with van der Waals surface area (Å²) in [4.78, 5) is 30.6. The second-order valence-electron chi connectivity index (χ2n) is 6.11. The predicted molar refractivity (Wildman–Crippen MR) is 91.1 cm³/mol. The Morgan fingerprint density at radius 3 is 2.48 bits per heavy atom. The van der Waals surface area contributed by atoms with E-state index >= 15 is 0 Å². The Morgan fingerprint density at radius 1 is 1.12 bits per heavy atom. The van der Waals surface area contributed by atoms with Crippen molar-refractivity contribution in [3.05, 3.63) is 65.7 Å². The van der Waals surface area contributed by atoms with E-state index in [0.717, 1.165) is 5.69 Å². The maximum Gasteiger partial charge on any atom is 0.253 e. The van der Waals surface area contributed by atoms with Gasteiger partial charge in [-0.05, 0) is 49.2 Å². The molecule has 2 aromatic rings. The molecule has 2 amide bonds. The molecule has 3 rings (SSSR count). The topological polar surface area (TPSA) is 62.3 Å². The molecule has 25 heavy (non-hydrogen) atoms. The maximum absolute atomic E-state index is 13.0. The molecule has 1 aliphatic heterocycles. The van der Waals surface area contributed by atoms with Crippen LogP contribution in [0.3, 0.4) is 0 Å². The van der Waals surface area contributed by atoms with Crippen molar-refractivity contribution >= 4 is 11.8 Å². The molecule has 0 bridgehead atoms. The van der Waals surface area contributed by atoms with E-state index in [9.17, 15) is 14.0 Å². The first-order chi connectivity index (χ1) is 12.1. The molecule has 2 heterocycles. The molecule has 6 heteroatoms. The Bertz CT molecular complexity index is 726. The zero-order valence-electron chi connectivity index (χ0n) is 13.8. The molecule has 1 saturated heterocycles. The summed E-state index contributed by atoms with van der Waals surface area (Å²) in [5.74, 6) is -0.576. The maximum atomic E-state index is 13.0. The van der Waals surface area contributed by atoms with Crippen LogP contribution in [-0.2, 0) is 11.3 Å². The van der Waals surface area contributed by atoms with E-state index in [1.54, 1.807) is 11.1 Å². The lowest BCUT2D eigenvalue weighted by atomic mass is 9.95. The van der Waals surface area contributed by atoms with Gasteiger partial charge in [-0.3, -0.25) is 14.6 Å². The van der Waals surface area contributed by atoms with Crippen LogP contribution in [0.2, 0.25) is 0 Å². The zero-order chi connectivity index (χ0) is 17.6. The van der Waals surface area contributed by atoms with Crippen LogP contribution >= 0.6 is 0 Å². The zero-order valence-corrected chi connectivity index (χ0v) is 13.8. The molecule has 0 aliphatic carbocycles. The summed E-state index contributed by atoms with van der Waals surface area (Å²) in [6, 6.07) is 11.1. The Hall–Kier alpha value is -2.76. The van der Waals surface area contributed by atoms with Crippen LogP contribution in [0.1, 0.15) is 28.9 Å². The van der Waals surface area contributed by atoms with Gasteiger partial charge in [-0.15, -0.1) is 0 Å². The number of hydrogen-bond donors (Lipinski definition) is 1. The first-order valence-electron chi connectivity index (χ1n) is 8.36. The second kappa shape index (κ2) is 7.88. The minimum Gasteiger partial charge on any atom is -0.350 e. The lowest BCUT2D eigenvalue weighted by molar-refractivity contribution is -0.126. The molecule has 1 aliphatic rings. The molecule has 0 spiro atoms. The van der Waals surface area contributed by atoms with Crippen molar-refractivity contribution in [2.24, 2.45) is 5.92 Å². The van der Waals surface area contributed by atoms with Gasteiger partial charge in [0.25, 0.3) is 5.91 Å². The molecule has 130 valence electrons. The molecule has 1 aromatic carbocycles. The highest BCUT2D eigenvalue weighted by molar-refractivity contribution is 5.94. The molecule has 0 saturated carbocycles. The van der Waals surface area contributed by atoms with Crippen molar-refractivity contribution in [3.63, 3.8) is 0 Å². The van der Waals surface area contributed by atoms with Crippen molar-refractivity contribution in [2.45, 2.75) is 19.4 Å². The SMILES string of the molecule is O=C(NCc1ccccn1)C1CCN(C(=O)c2ccc(F)cc2)CC1. The molecule has 1 aromatic heterocycles. The lowest BCUT2D eigenvalue weighted by Gasteiger charge is -2.31. The second-order valence-corrected chi connectivity index (χ2v) is 6.11. The van der Waals surface area contributed by atoms with Gasteiger partial charge in [0.1, 0.15) is 5.82 Å². The summed E-state index contributed by atoms with van der Waals surface area (Å²) in [5.41, 5.74) is 1.29. The third-order valence-electron chi connectivity index (χ3n) is 4.41. The van der Waals surface area contributed by atoms with E-state index in [4.69, 9.17) is 0 Å². The number of benzene rings is 1. The number of hydrogen-bond acceptors (Lipinski definition) is 3. The van der Waals surface area contributed by atoms with Crippen molar-refractivity contribution in [3.8, 4) is 0 Å². The van der Waals surface area contributed by atoms with E-state index < -0.39 is 0 Å². The number of nitrogens with zero attached hydrogens (tertiary/aromatic N) is 2. The van der Waals surface area contributed by atoms with Crippen molar-refractivity contribution in [1.29, 1.82) is 0 Å². The smallest absolute Gasteiger partial charge is 0.253 e. The van der Waals surface area contributed by atoms with Crippen LogP contribution in [0.5, 0.6) is 0 Å². The number of aromatic nitrogens is 1. The highest BCUT2D eigenvalue weighted by atomic mass is 19.1. The highest BCUT2D eigenvalue weighted by Gasteiger charge is 2.27. The highest BCUT2D eigenvalue weighted by Crippen LogP contribution is 2.19. The number of nitrogens with one attached hydrogen (secondary N) is 1. The monoisotopic (exact) mass is 341 g/mol. The van der Waals surface area contributed by atoms with Crippen LogP contribution in [0.15, 0.2) is 48.7 Å². The standard InChI is InChI=1S/C19H20FN3O2/c20-16-6-4-15(5-7-16)19(25)23-11-8-14(9-12-23)18(24)22-13-17-3-1-2-10-21-17/h1-7,10,14H,8-9,11-13H2,(H,22,24). The third-order valence-corrected chi connectivity index (χ3v) is 4.41. The molecule has 1 N–H and O–H groups in total. The average molecular weight is 341 g/mol. The fourth-order valence-electron chi connectivity index (χ4n) is 2.94. The Kier molecular flexibility index (Phi) is 5.38. The van der Waals surface area contributed by atoms with Crippen LogP contribution in [0.25, 0.3) is 0 Å². The minimum absolute atomic E-state index is 0.000431.